The van der Waals surface area contributed by atoms with Crippen LogP contribution in [-0.2, 0) is 9.36 Å². The van der Waals surface area contributed by atoms with Crippen LogP contribution in [0.25, 0.3) is 0 Å². The minimum absolute atomic E-state index is 0.628. The summed E-state index contributed by atoms with van der Waals surface area (Å²) in [5.41, 5.74) is 3.02. The lowest BCUT2D eigenvalue weighted by molar-refractivity contribution is -0.117. The second-order valence-corrected chi connectivity index (χ2v) is 8.23. The van der Waals surface area contributed by atoms with Crippen LogP contribution in [-0.4, -0.2) is 10.7 Å². The number of nitrogens with one attached hydrogen (secondary N) is 3. The number of rotatable bonds is 6. The molecular weight excluding hydrogens is 368 g/mol. The fraction of sp³-hybridized carbons (Fsp3) is 0.188. The second-order valence-electron chi connectivity index (χ2n) is 5.24. The number of para-hydroxylation sites is 2. The quantitative estimate of drug-likeness (QED) is 0.490. The molecular formula is C16H18Cl2N3O2P. The molecule has 0 unspecified atom stereocenters. The third kappa shape index (κ3) is 4.91. The van der Waals surface area contributed by atoms with Crippen molar-refractivity contribution in [3.63, 3.8) is 0 Å². The first-order chi connectivity index (χ1) is 11.3. The number of aryl methyl sites for hydroxylation is 2. The minimum Gasteiger partial charge on any atom is -0.304 e. The van der Waals surface area contributed by atoms with Gasteiger partial charge in [-0.25, -0.2) is 0 Å². The molecule has 0 aliphatic heterocycles. The van der Waals surface area contributed by atoms with Gasteiger partial charge in [0.15, 0.2) is 4.84 Å². The minimum atomic E-state index is -3.60. The van der Waals surface area contributed by atoms with Gasteiger partial charge in [-0.3, -0.25) is 14.4 Å². The summed E-state index contributed by atoms with van der Waals surface area (Å²) in [5, 5.41) is 8.14. The van der Waals surface area contributed by atoms with Crippen molar-refractivity contribution in [3.8, 4) is 0 Å². The molecule has 0 fully saturated rings. The summed E-state index contributed by atoms with van der Waals surface area (Å²) in [4.78, 5) is 10.6. The van der Waals surface area contributed by atoms with Gasteiger partial charge < -0.3 is 10.2 Å². The molecule has 0 aromatic heterocycles. The van der Waals surface area contributed by atoms with Crippen LogP contribution in [0.5, 0.6) is 0 Å². The largest absolute Gasteiger partial charge is 0.355 e. The number of hydrogen-bond acceptors (Lipinski definition) is 2. The van der Waals surface area contributed by atoms with E-state index >= 15 is 0 Å². The van der Waals surface area contributed by atoms with Gasteiger partial charge in [0.05, 0.1) is 0 Å². The Balaban J connectivity index is 2.34. The van der Waals surface area contributed by atoms with Crippen molar-refractivity contribution in [3.05, 3.63) is 59.7 Å². The first-order valence-corrected chi connectivity index (χ1v) is 9.77. The summed E-state index contributed by atoms with van der Waals surface area (Å²) >= 11 is 11.2. The Bertz CT molecular complexity index is 732. The van der Waals surface area contributed by atoms with E-state index in [1.165, 1.54) is 0 Å². The molecule has 8 heteroatoms. The lowest BCUT2D eigenvalue weighted by Gasteiger charge is -2.25. The molecule has 3 N–H and O–H groups in total. The molecule has 128 valence electrons. The lowest BCUT2D eigenvalue weighted by atomic mass is 10.2. The first kappa shape index (κ1) is 18.7. The Morgan fingerprint density at radius 2 is 1.33 bits per heavy atom. The van der Waals surface area contributed by atoms with E-state index in [0.29, 0.717) is 11.4 Å². The molecule has 0 saturated heterocycles. The zero-order valence-corrected chi connectivity index (χ0v) is 15.6. The number of hydrogen-bond donors (Lipinski definition) is 3. The van der Waals surface area contributed by atoms with Crippen LogP contribution in [0.1, 0.15) is 11.1 Å². The molecule has 0 heterocycles. The molecule has 2 aromatic carbocycles. The zero-order valence-electron chi connectivity index (χ0n) is 13.2. The van der Waals surface area contributed by atoms with Crippen molar-refractivity contribution in [2.75, 3.05) is 10.2 Å². The zero-order chi connectivity index (χ0) is 17.7. The molecule has 2 rings (SSSR count). The van der Waals surface area contributed by atoms with Crippen molar-refractivity contribution in [1.29, 1.82) is 0 Å². The van der Waals surface area contributed by atoms with Crippen LogP contribution in [0, 0.1) is 13.8 Å². The Hall–Kier alpha value is -1.68. The fourth-order valence-corrected chi connectivity index (χ4v) is 4.07. The number of anilines is 2. The van der Waals surface area contributed by atoms with Gasteiger partial charge in [0.2, 0.25) is 0 Å². The van der Waals surface area contributed by atoms with E-state index in [4.69, 9.17) is 23.2 Å². The van der Waals surface area contributed by atoms with E-state index in [2.05, 4.69) is 15.3 Å². The van der Waals surface area contributed by atoms with Gasteiger partial charge in [-0.2, -0.15) is 0 Å². The number of amides is 1. The maximum Gasteiger partial charge on any atom is 0.355 e. The van der Waals surface area contributed by atoms with Crippen molar-refractivity contribution < 1.29 is 9.36 Å². The number of halogens is 2. The highest BCUT2D eigenvalue weighted by Crippen LogP contribution is 2.43. The molecule has 1 amide bonds. The molecule has 0 atom stereocenters. The van der Waals surface area contributed by atoms with E-state index in [0.717, 1.165) is 11.1 Å². The summed E-state index contributed by atoms with van der Waals surface area (Å²) in [6.45, 7) is 3.74. The smallest absolute Gasteiger partial charge is 0.304 e. The Labute approximate surface area is 151 Å². The summed E-state index contributed by atoms with van der Waals surface area (Å²) < 4.78 is 13.3. The topological polar surface area (TPSA) is 70.2 Å². The van der Waals surface area contributed by atoms with Gasteiger partial charge in [-0.1, -0.05) is 59.6 Å². The van der Waals surface area contributed by atoms with E-state index in [1.807, 2.05) is 38.1 Å². The van der Waals surface area contributed by atoms with Crippen LogP contribution >= 0.6 is 30.8 Å². The maximum atomic E-state index is 13.3. The summed E-state index contributed by atoms with van der Waals surface area (Å²) in [6, 6.07) is 14.6. The number of alkyl halides is 2. The average molecular weight is 386 g/mol. The summed E-state index contributed by atoms with van der Waals surface area (Å²) in [6.07, 6.45) is 0. The summed E-state index contributed by atoms with van der Waals surface area (Å²) in [7, 11) is -3.60. The maximum absolute atomic E-state index is 13.3. The van der Waals surface area contributed by atoms with E-state index in [-0.39, 0.29) is 0 Å². The fourth-order valence-electron chi connectivity index (χ4n) is 2.02. The standard InChI is InChI=1S/C16H18Cl2N3O2P/c1-11-7-3-5-9-13(11)19-24(23,21-16(22)15(17)18)20-14-10-6-4-8-12(14)2/h3-10,15H,1-2H3,(H3,19,20,21,22,23). The van der Waals surface area contributed by atoms with Crippen LogP contribution in [0.3, 0.4) is 0 Å². The van der Waals surface area contributed by atoms with Gasteiger partial charge in [0, 0.05) is 11.4 Å². The second kappa shape index (κ2) is 7.93. The molecule has 2 aromatic rings. The van der Waals surface area contributed by atoms with E-state index in [9.17, 15) is 9.36 Å². The highest BCUT2D eigenvalue weighted by molar-refractivity contribution is 7.65. The van der Waals surface area contributed by atoms with Crippen molar-refractivity contribution in [2.24, 2.45) is 0 Å². The van der Waals surface area contributed by atoms with Crippen LogP contribution in [0.4, 0.5) is 11.4 Å². The number of carbonyl (C=O) groups excluding carboxylic acids is 1. The number of carbonyl (C=O) groups is 1. The van der Waals surface area contributed by atoms with Gasteiger partial charge in [0.25, 0.3) is 5.91 Å². The highest BCUT2D eigenvalue weighted by atomic mass is 35.5. The molecule has 0 aliphatic rings. The SMILES string of the molecule is Cc1ccccc1NP(=O)(NC(=O)C(Cl)Cl)Nc1ccccc1C. The Kier molecular flexibility index (Phi) is 6.16. The monoisotopic (exact) mass is 385 g/mol. The highest BCUT2D eigenvalue weighted by Gasteiger charge is 2.28. The Morgan fingerprint density at radius 3 is 1.71 bits per heavy atom. The van der Waals surface area contributed by atoms with Crippen molar-refractivity contribution in [2.45, 2.75) is 18.7 Å². The third-order valence-electron chi connectivity index (χ3n) is 3.31. The normalized spacial score (nSPS) is 11.2. The van der Waals surface area contributed by atoms with Gasteiger partial charge >= 0.3 is 7.59 Å². The average Bonchev–Trinajstić information content (AvgIpc) is 2.52. The molecule has 0 saturated carbocycles. The molecule has 24 heavy (non-hydrogen) atoms. The van der Waals surface area contributed by atoms with Crippen LogP contribution < -0.4 is 15.3 Å². The first-order valence-electron chi connectivity index (χ1n) is 7.19. The molecule has 5 nitrogen and oxygen atoms in total. The molecule has 0 spiro atoms. The third-order valence-corrected chi connectivity index (χ3v) is 5.36. The van der Waals surface area contributed by atoms with Gasteiger partial charge in [-0.05, 0) is 37.1 Å². The predicted octanol–water partition coefficient (Wildman–Crippen LogP) is 4.86. The molecule has 0 aliphatic carbocycles. The van der Waals surface area contributed by atoms with E-state index in [1.54, 1.807) is 24.3 Å². The number of benzene rings is 2. The van der Waals surface area contributed by atoms with Gasteiger partial charge in [0.1, 0.15) is 0 Å². The van der Waals surface area contributed by atoms with Crippen molar-refractivity contribution in [1.82, 2.24) is 5.09 Å². The summed E-state index contributed by atoms with van der Waals surface area (Å²) in [5.74, 6) is -0.746. The predicted molar refractivity (Wildman–Crippen MR) is 101 cm³/mol. The van der Waals surface area contributed by atoms with Crippen molar-refractivity contribution >= 4 is 48.1 Å². The lowest BCUT2D eigenvalue weighted by Crippen LogP contribution is -2.31. The molecule has 0 radical (unpaired) electrons. The van der Waals surface area contributed by atoms with Gasteiger partial charge in [-0.15, -0.1) is 0 Å². The van der Waals surface area contributed by atoms with Crippen LogP contribution in [0.2, 0.25) is 0 Å². The van der Waals surface area contributed by atoms with E-state index < -0.39 is 18.3 Å². The molecule has 0 bridgehead atoms. The Morgan fingerprint density at radius 1 is 0.917 bits per heavy atom. The van der Waals surface area contributed by atoms with Crippen LogP contribution in [0.15, 0.2) is 48.5 Å².